The number of aromatic nitrogens is 3. The Hall–Kier alpha value is -2.77. The van der Waals surface area contributed by atoms with Crippen molar-refractivity contribution in [2.45, 2.75) is 57.2 Å². The number of carbonyl (C=O) groups is 1. The molecule has 0 unspecified atom stereocenters. The summed E-state index contributed by atoms with van der Waals surface area (Å²) in [6, 6.07) is 4.12. The van der Waals surface area contributed by atoms with E-state index in [9.17, 15) is 9.18 Å². The number of ether oxygens (including phenoxy) is 1. The molecular weight excluding hydrogens is 361 g/mol. The van der Waals surface area contributed by atoms with E-state index in [1.807, 2.05) is 25.3 Å². The Morgan fingerprint density at radius 2 is 2.11 bits per heavy atom. The van der Waals surface area contributed by atoms with E-state index in [2.05, 4.69) is 25.2 Å². The number of fused-ring (bicyclic) bond motifs is 2. The summed E-state index contributed by atoms with van der Waals surface area (Å²) in [6.45, 7) is 4.18. The predicted octanol–water partition coefficient (Wildman–Crippen LogP) is 3.20. The maximum atomic E-state index is 13.1. The molecule has 8 heteroatoms. The van der Waals surface area contributed by atoms with Gasteiger partial charge in [-0.1, -0.05) is 0 Å². The Kier molecular flexibility index (Phi) is 3.79. The lowest BCUT2D eigenvalue weighted by Gasteiger charge is -2.29. The average Bonchev–Trinajstić information content (AvgIpc) is 3.30. The lowest BCUT2D eigenvalue weighted by molar-refractivity contribution is -0.114. The quantitative estimate of drug-likeness (QED) is 0.873. The van der Waals surface area contributed by atoms with Crippen LogP contribution in [0.4, 0.5) is 21.7 Å². The van der Waals surface area contributed by atoms with Gasteiger partial charge in [0.2, 0.25) is 5.91 Å². The summed E-state index contributed by atoms with van der Waals surface area (Å²) in [7, 11) is 0. The van der Waals surface area contributed by atoms with Gasteiger partial charge in [-0.3, -0.25) is 4.79 Å². The molecule has 3 aliphatic rings. The Morgan fingerprint density at radius 3 is 2.79 bits per heavy atom. The molecule has 1 aliphatic heterocycles. The third kappa shape index (κ3) is 2.96. The topological polar surface area (TPSA) is 80.2 Å². The zero-order valence-electron chi connectivity index (χ0n) is 15.9. The number of halogens is 1. The van der Waals surface area contributed by atoms with Crippen LogP contribution >= 0.6 is 0 Å². The average molecular weight is 383 g/mol. The number of alkyl halides is 1. The number of hydrogen-bond acceptors (Lipinski definition) is 6. The minimum Gasteiger partial charge on any atom is -0.460 e. The van der Waals surface area contributed by atoms with Crippen LogP contribution in [0.2, 0.25) is 0 Å². The Morgan fingerprint density at radius 1 is 1.32 bits per heavy atom. The number of hydrogen-bond donors (Lipinski definition) is 1. The van der Waals surface area contributed by atoms with Gasteiger partial charge in [-0.15, -0.1) is 0 Å². The standard InChI is InChI=1S/C20H22FN5O2/c1-11-5-18(25-19(23-11)28-14-6-13(21)7-14)26-10-20(3-4-20)15-9-22-17(8-16(15)26)24-12(2)27/h5,8-9,13-14H,3-4,6-7,10H2,1-2H3,(H,22,24,27). The van der Waals surface area contributed by atoms with E-state index >= 15 is 0 Å². The highest BCUT2D eigenvalue weighted by Crippen LogP contribution is 2.58. The van der Waals surface area contributed by atoms with Crippen molar-refractivity contribution in [3.63, 3.8) is 0 Å². The molecule has 0 atom stereocenters. The number of amides is 1. The summed E-state index contributed by atoms with van der Waals surface area (Å²) >= 11 is 0. The van der Waals surface area contributed by atoms with Crippen LogP contribution in [0.25, 0.3) is 0 Å². The Labute approximate surface area is 162 Å². The molecule has 2 aromatic heterocycles. The number of rotatable bonds is 4. The van der Waals surface area contributed by atoms with Crippen LogP contribution in [0.5, 0.6) is 6.01 Å². The highest BCUT2D eigenvalue weighted by Gasteiger charge is 2.52. The fourth-order valence-electron chi connectivity index (χ4n) is 4.04. The molecule has 0 aromatic carbocycles. The fraction of sp³-hybridized carbons (Fsp3) is 0.500. The van der Waals surface area contributed by atoms with E-state index in [4.69, 9.17) is 4.74 Å². The van der Waals surface area contributed by atoms with Gasteiger partial charge in [0.15, 0.2) is 0 Å². The van der Waals surface area contributed by atoms with Crippen LogP contribution in [0, 0.1) is 6.92 Å². The van der Waals surface area contributed by atoms with Crippen molar-refractivity contribution in [2.75, 3.05) is 16.8 Å². The molecule has 2 aromatic rings. The van der Waals surface area contributed by atoms with Crippen molar-refractivity contribution in [3.05, 3.63) is 29.6 Å². The highest BCUT2D eigenvalue weighted by molar-refractivity contribution is 5.89. The highest BCUT2D eigenvalue weighted by atomic mass is 19.1. The second-order valence-corrected chi connectivity index (χ2v) is 8.09. The third-order valence-corrected chi connectivity index (χ3v) is 5.77. The molecule has 1 spiro atoms. The van der Waals surface area contributed by atoms with Crippen LogP contribution in [0.3, 0.4) is 0 Å². The first-order chi connectivity index (χ1) is 13.4. The number of nitrogens with one attached hydrogen (secondary N) is 1. The monoisotopic (exact) mass is 383 g/mol. The van der Waals surface area contributed by atoms with E-state index in [1.54, 1.807) is 0 Å². The minimum absolute atomic E-state index is 0.117. The molecule has 146 valence electrons. The third-order valence-electron chi connectivity index (χ3n) is 5.77. The predicted molar refractivity (Wildman–Crippen MR) is 102 cm³/mol. The zero-order chi connectivity index (χ0) is 19.5. The first kappa shape index (κ1) is 17.3. The van der Waals surface area contributed by atoms with Crippen molar-refractivity contribution in [2.24, 2.45) is 0 Å². The molecule has 0 saturated heterocycles. The number of nitrogens with zero attached hydrogens (tertiary/aromatic N) is 4. The van der Waals surface area contributed by atoms with E-state index in [0.717, 1.165) is 36.6 Å². The number of carbonyl (C=O) groups excluding carboxylic acids is 1. The second-order valence-electron chi connectivity index (χ2n) is 8.09. The summed E-state index contributed by atoms with van der Waals surface area (Å²) < 4.78 is 18.9. The van der Waals surface area contributed by atoms with Gasteiger partial charge in [-0.2, -0.15) is 4.98 Å². The van der Waals surface area contributed by atoms with E-state index in [0.29, 0.717) is 24.7 Å². The van der Waals surface area contributed by atoms with Gasteiger partial charge in [-0.25, -0.2) is 14.4 Å². The number of pyridine rings is 1. The lowest BCUT2D eigenvalue weighted by Crippen LogP contribution is -2.35. The first-order valence-corrected chi connectivity index (χ1v) is 9.64. The van der Waals surface area contributed by atoms with E-state index in [1.165, 1.54) is 12.5 Å². The molecule has 5 rings (SSSR count). The van der Waals surface area contributed by atoms with Crippen molar-refractivity contribution < 1.29 is 13.9 Å². The maximum absolute atomic E-state index is 13.1. The summed E-state index contributed by atoms with van der Waals surface area (Å²) in [5, 5.41) is 2.75. The molecule has 7 nitrogen and oxygen atoms in total. The smallest absolute Gasteiger partial charge is 0.318 e. The van der Waals surface area contributed by atoms with Crippen LogP contribution in [0.1, 0.15) is 43.9 Å². The van der Waals surface area contributed by atoms with Crippen LogP contribution in [0.15, 0.2) is 18.3 Å². The lowest BCUT2D eigenvalue weighted by atomic mass is 9.94. The largest absolute Gasteiger partial charge is 0.460 e. The van der Waals surface area contributed by atoms with Gasteiger partial charge in [-0.05, 0) is 19.8 Å². The van der Waals surface area contributed by atoms with E-state index in [-0.39, 0.29) is 17.4 Å². The van der Waals surface area contributed by atoms with Gasteiger partial charge in [0, 0.05) is 61.3 Å². The Balaban J connectivity index is 1.48. The first-order valence-electron chi connectivity index (χ1n) is 9.64. The van der Waals surface area contributed by atoms with Crippen molar-refractivity contribution >= 4 is 23.2 Å². The van der Waals surface area contributed by atoms with Crippen LogP contribution in [-0.2, 0) is 10.2 Å². The molecule has 3 heterocycles. The molecule has 1 amide bonds. The molecule has 1 N–H and O–H groups in total. The normalized spacial score (nSPS) is 23.9. The van der Waals surface area contributed by atoms with Crippen molar-refractivity contribution in [3.8, 4) is 6.01 Å². The SMILES string of the molecule is CC(=O)Nc1cc2c(cn1)C1(CC1)CN2c1cc(C)nc(OC2CC(F)C2)n1. The van der Waals surface area contributed by atoms with Gasteiger partial charge in [0.1, 0.15) is 23.9 Å². The summed E-state index contributed by atoms with van der Waals surface area (Å²) in [4.78, 5) is 26.9. The van der Waals surface area contributed by atoms with Crippen molar-refractivity contribution in [1.82, 2.24) is 15.0 Å². The summed E-state index contributed by atoms with van der Waals surface area (Å²) in [6.07, 6.45) is 3.96. The Bertz CT molecular complexity index is 956. The molecule has 2 aliphatic carbocycles. The van der Waals surface area contributed by atoms with Gasteiger partial charge < -0.3 is 15.0 Å². The van der Waals surface area contributed by atoms with E-state index < -0.39 is 6.17 Å². The van der Waals surface area contributed by atoms with Crippen LogP contribution < -0.4 is 15.0 Å². The van der Waals surface area contributed by atoms with Crippen molar-refractivity contribution in [1.29, 1.82) is 0 Å². The van der Waals surface area contributed by atoms with Gasteiger partial charge in [0.05, 0.1) is 5.69 Å². The summed E-state index contributed by atoms with van der Waals surface area (Å²) in [5.74, 6) is 1.13. The molecule has 28 heavy (non-hydrogen) atoms. The molecule has 0 bridgehead atoms. The molecule has 2 saturated carbocycles. The number of anilines is 3. The molecule has 2 fully saturated rings. The van der Waals surface area contributed by atoms with Gasteiger partial charge >= 0.3 is 6.01 Å². The zero-order valence-corrected chi connectivity index (χ0v) is 15.9. The van der Waals surface area contributed by atoms with Crippen LogP contribution in [-0.4, -0.2) is 39.7 Å². The fourth-order valence-corrected chi connectivity index (χ4v) is 4.04. The summed E-state index contributed by atoms with van der Waals surface area (Å²) in [5.41, 5.74) is 3.12. The molecular formula is C20H22FN5O2. The minimum atomic E-state index is -0.783. The molecule has 0 radical (unpaired) electrons. The second kappa shape index (κ2) is 6.12. The van der Waals surface area contributed by atoms with Gasteiger partial charge in [0.25, 0.3) is 0 Å². The number of aryl methyl sites for hydroxylation is 1. The maximum Gasteiger partial charge on any atom is 0.318 e.